The Labute approximate surface area is 175 Å². The number of amides is 3. The lowest BCUT2D eigenvalue weighted by Crippen LogP contribution is -2.58. The fourth-order valence-electron chi connectivity index (χ4n) is 2.33. The third kappa shape index (κ3) is 9.46. The molecule has 0 bridgehead atoms. The summed E-state index contributed by atoms with van der Waals surface area (Å²) in [4.78, 5) is 48.3. The Balaban J connectivity index is 5.07. The lowest BCUT2D eigenvalue weighted by molar-refractivity contribution is -0.145. The SMILES string of the molecule is CCC(C)C(N)C(=O)NC(C)C(=O)NC(CCSC)C(=O)NC(C(=O)O)C(C)O. The highest BCUT2D eigenvalue weighted by molar-refractivity contribution is 7.98. The predicted octanol–water partition coefficient (Wildman–Crippen LogP) is -0.947. The summed E-state index contributed by atoms with van der Waals surface area (Å²) in [6, 6.07) is -4.21. The van der Waals surface area contributed by atoms with Crippen LogP contribution < -0.4 is 21.7 Å². The second-order valence-corrected chi connectivity index (χ2v) is 8.03. The molecule has 0 saturated carbocycles. The quantitative estimate of drug-likeness (QED) is 0.215. The van der Waals surface area contributed by atoms with Gasteiger partial charge in [-0.15, -0.1) is 0 Å². The molecule has 3 amide bonds. The number of carboxylic acids is 1. The van der Waals surface area contributed by atoms with E-state index in [-0.39, 0.29) is 12.3 Å². The van der Waals surface area contributed by atoms with Crippen LogP contribution in [0.1, 0.15) is 40.5 Å². The van der Waals surface area contributed by atoms with Crippen LogP contribution in [0.15, 0.2) is 0 Å². The van der Waals surface area contributed by atoms with E-state index in [1.165, 1.54) is 25.6 Å². The van der Waals surface area contributed by atoms with Crippen LogP contribution in [0.3, 0.4) is 0 Å². The highest BCUT2D eigenvalue weighted by atomic mass is 32.2. The molecule has 6 unspecified atom stereocenters. The molecule has 0 radical (unpaired) electrons. The van der Waals surface area contributed by atoms with Crippen LogP contribution in [0.2, 0.25) is 0 Å². The van der Waals surface area contributed by atoms with Crippen LogP contribution in [-0.2, 0) is 19.2 Å². The molecule has 0 rings (SSSR count). The molecule has 6 atom stereocenters. The van der Waals surface area contributed by atoms with Crippen molar-refractivity contribution in [3.63, 3.8) is 0 Å². The lowest BCUT2D eigenvalue weighted by Gasteiger charge is -2.25. The summed E-state index contributed by atoms with van der Waals surface area (Å²) in [5.74, 6) is -2.70. The number of thioether (sulfide) groups is 1. The molecule has 0 fully saturated rings. The molecule has 0 heterocycles. The lowest BCUT2D eigenvalue weighted by atomic mass is 9.99. The third-order valence-corrected chi connectivity index (χ3v) is 5.25. The third-order valence-electron chi connectivity index (χ3n) is 4.60. The molecule has 7 N–H and O–H groups in total. The second kappa shape index (κ2) is 13.4. The maximum absolute atomic E-state index is 12.5. The molecule has 0 aliphatic carbocycles. The van der Waals surface area contributed by atoms with Crippen molar-refractivity contribution < 1.29 is 29.4 Å². The number of aliphatic hydroxyl groups is 1. The predicted molar refractivity (Wildman–Crippen MR) is 111 cm³/mol. The number of aliphatic hydroxyl groups excluding tert-OH is 1. The van der Waals surface area contributed by atoms with E-state index in [0.29, 0.717) is 12.2 Å². The van der Waals surface area contributed by atoms with E-state index in [4.69, 9.17) is 10.8 Å². The Bertz CT molecular complexity index is 575. The molecule has 168 valence electrons. The summed E-state index contributed by atoms with van der Waals surface area (Å²) in [6.07, 6.45) is 1.47. The van der Waals surface area contributed by atoms with Gasteiger partial charge in [0, 0.05) is 0 Å². The standard InChI is InChI=1S/C18H34N4O6S/c1-6-9(2)13(19)17(26)20-10(3)15(24)21-12(7-8-29-5)16(25)22-14(11(4)23)18(27)28/h9-14,23H,6-8,19H2,1-5H3,(H,20,26)(H,21,24)(H,22,25)(H,27,28). The van der Waals surface area contributed by atoms with Gasteiger partial charge in [-0.2, -0.15) is 11.8 Å². The van der Waals surface area contributed by atoms with Gasteiger partial charge in [0.1, 0.15) is 12.1 Å². The van der Waals surface area contributed by atoms with E-state index >= 15 is 0 Å². The fourth-order valence-corrected chi connectivity index (χ4v) is 2.80. The summed E-state index contributed by atoms with van der Waals surface area (Å²) < 4.78 is 0. The molecule has 0 aromatic heterocycles. The van der Waals surface area contributed by atoms with E-state index < -0.39 is 54.0 Å². The first-order valence-corrected chi connectivity index (χ1v) is 10.9. The van der Waals surface area contributed by atoms with Gasteiger partial charge in [-0.1, -0.05) is 20.3 Å². The Hall–Kier alpha value is -1.85. The normalized spacial score (nSPS) is 17.2. The fraction of sp³-hybridized carbons (Fsp3) is 0.778. The number of hydrogen-bond donors (Lipinski definition) is 6. The average Bonchev–Trinajstić information content (AvgIpc) is 2.66. The number of nitrogens with two attached hydrogens (primary N) is 1. The largest absolute Gasteiger partial charge is 0.480 e. The summed E-state index contributed by atoms with van der Waals surface area (Å²) in [5.41, 5.74) is 5.86. The van der Waals surface area contributed by atoms with Gasteiger partial charge >= 0.3 is 5.97 Å². The van der Waals surface area contributed by atoms with Crippen LogP contribution in [0.25, 0.3) is 0 Å². The van der Waals surface area contributed by atoms with Gasteiger partial charge in [0.2, 0.25) is 17.7 Å². The molecular weight excluding hydrogens is 400 g/mol. The number of rotatable bonds is 13. The first kappa shape index (κ1) is 27.1. The molecule has 29 heavy (non-hydrogen) atoms. The van der Waals surface area contributed by atoms with Crippen molar-refractivity contribution in [1.82, 2.24) is 16.0 Å². The minimum atomic E-state index is -1.50. The highest BCUT2D eigenvalue weighted by Crippen LogP contribution is 2.06. The minimum absolute atomic E-state index is 0.0567. The van der Waals surface area contributed by atoms with E-state index in [1.807, 2.05) is 20.1 Å². The number of carboxylic acid groups (broad SMARTS) is 1. The van der Waals surface area contributed by atoms with E-state index in [9.17, 15) is 24.3 Å². The highest BCUT2D eigenvalue weighted by Gasteiger charge is 2.30. The van der Waals surface area contributed by atoms with Crippen LogP contribution in [0, 0.1) is 5.92 Å². The molecule has 0 aliphatic heterocycles. The zero-order valence-corrected chi connectivity index (χ0v) is 18.4. The van der Waals surface area contributed by atoms with E-state index in [0.717, 1.165) is 0 Å². The van der Waals surface area contributed by atoms with Crippen LogP contribution in [0.4, 0.5) is 0 Å². The van der Waals surface area contributed by atoms with E-state index in [1.54, 1.807) is 0 Å². The number of nitrogens with one attached hydrogen (secondary N) is 3. The van der Waals surface area contributed by atoms with Crippen molar-refractivity contribution in [3.8, 4) is 0 Å². The van der Waals surface area contributed by atoms with Gasteiger partial charge in [0.05, 0.1) is 12.1 Å². The molecular formula is C18H34N4O6S. The topological polar surface area (TPSA) is 171 Å². The summed E-state index contributed by atoms with van der Waals surface area (Å²) in [6.45, 7) is 6.45. The van der Waals surface area contributed by atoms with Crippen molar-refractivity contribution in [3.05, 3.63) is 0 Å². The summed E-state index contributed by atoms with van der Waals surface area (Å²) >= 11 is 1.45. The van der Waals surface area contributed by atoms with Gasteiger partial charge in [-0.3, -0.25) is 14.4 Å². The Morgan fingerprint density at radius 1 is 1.00 bits per heavy atom. The number of aliphatic carboxylic acids is 1. The first-order valence-electron chi connectivity index (χ1n) is 9.52. The Morgan fingerprint density at radius 2 is 1.59 bits per heavy atom. The smallest absolute Gasteiger partial charge is 0.328 e. The zero-order valence-electron chi connectivity index (χ0n) is 17.6. The molecule has 0 aromatic carbocycles. The van der Waals surface area contributed by atoms with Gasteiger partial charge in [-0.05, 0) is 38.2 Å². The number of hydrogen-bond acceptors (Lipinski definition) is 7. The minimum Gasteiger partial charge on any atom is -0.480 e. The molecule has 11 heteroatoms. The number of carbonyl (C=O) groups excluding carboxylic acids is 3. The second-order valence-electron chi connectivity index (χ2n) is 7.05. The molecule has 0 spiro atoms. The molecule has 0 aromatic rings. The summed E-state index contributed by atoms with van der Waals surface area (Å²) in [5, 5.41) is 25.9. The van der Waals surface area contributed by atoms with Gasteiger partial charge in [-0.25, -0.2) is 4.79 Å². The van der Waals surface area contributed by atoms with Crippen molar-refractivity contribution in [2.45, 2.75) is 70.8 Å². The first-order chi connectivity index (χ1) is 13.5. The van der Waals surface area contributed by atoms with Crippen molar-refractivity contribution in [2.24, 2.45) is 11.7 Å². The zero-order chi connectivity index (χ0) is 22.7. The van der Waals surface area contributed by atoms with Gasteiger partial charge < -0.3 is 31.9 Å². The molecule has 10 nitrogen and oxygen atoms in total. The summed E-state index contributed by atoms with van der Waals surface area (Å²) in [7, 11) is 0. The monoisotopic (exact) mass is 434 g/mol. The van der Waals surface area contributed by atoms with Crippen molar-refractivity contribution in [1.29, 1.82) is 0 Å². The number of carbonyl (C=O) groups is 4. The van der Waals surface area contributed by atoms with Crippen molar-refractivity contribution in [2.75, 3.05) is 12.0 Å². The van der Waals surface area contributed by atoms with Crippen LogP contribution >= 0.6 is 11.8 Å². The molecule has 0 saturated heterocycles. The maximum atomic E-state index is 12.5. The maximum Gasteiger partial charge on any atom is 0.328 e. The van der Waals surface area contributed by atoms with Gasteiger partial charge in [0.25, 0.3) is 0 Å². The van der Waals surface area contributed by atoms with Gasteiger partial charge in [0.15, 0.2) is 6.04 Å². The van der Waals surface area contributed by atoms with Crippen LogP contribution in [-0.4, -0.2) is 76.2 Å². The molecule has 0 aliphatic rings. The average molecular weight is 435 g/mol. The van der Waals surface area contributed by atoms with E-state index in [2.05, 4.69) is 16.0 Å². The van der Waals surface area contributed by atoms with Crippen LogP contribution in [0.5, 0.6) is 0 Å². The van der Waals surface area contributed by atoms with Crippen molar-refractivity contribution >= 4 is 35.5 Å². The Kier molecular flexibility index (Phi) is 12.5. The Morgan fingerprint density at radius 3 is 2.03 bits per heavy atom.